The van der Waals surface area contributed by atoms with E-state index in [-0.39, 0.29) is 22.9 Å². The molecule has 2 heterocycles. The van der Waals surface area contributed by atoms with E-state index in [4.69, 9.17) is 21.1 Å². The van der Waals surface area contributed by atoms with Crippen LogP contribution in [0.4, 0.5) is 19.0 Å². The zero-order valence-corrected chi connectivity index (χ0v) is 18.8. The summed E-state index contributed by atoms with van der Waals surface area (Å²) in [6.45, 7) is 5.60. The van der Waals surface area contributed by atoms with Crippen molar-refractivity contribution in [2.45, 2.75) is 32.5 Å². The van der Waals surface area contributed by atoms with E-state index in [1.54, 1.807) is 28.0 Å². The Bertz CT molecular complexity index is 969. The Kier molecular flexibility index (Phi) is 7.38. The number of methoxy groups -OCH3 is 1. The lowest BCUT2D eigenvalue weighted by atomic mass is 10.1. The fraction of sp³-hybridized carbons (Fsp3) is 0.455. The van der Waals surface area contributed by atoms with Crippen molar-refractivity contribution in [3.05, 3.63) is 46.6 Å². The predicted octanol–water partition coefficient (Wildman–Crippen LogP) is 4.90. The molecule has 6 nitrogen and oxygen atoms in total. The molecule has 1 fully saturated rings. The summed E-state index contributed by atoms with van der Waals surface area (Å²) < 4.78 is 49.7. The van der Waals surface area contributed by atoms with Crippen LogP contribution in [0.5, 0.6) is 11.5 Å². The van der Waals surface area contributed by atoms with Crippen LogP contribution < -0.4 is 14.4 Å². The van der Waals surface area contributed by atoms with Gasteiger partial charge in [0.15, 0.2) is 11.5 Å². The van der Waals surface area contributed by atoms with Gasteiger partial charge in [-0.1, -0.05) is 11.6 Å². The average molecular weight is 472 g/mol. The number of halogens is 4. The summed E-state index contributed by atoms with van der Waals surface area (Å²) in [6, 6.07) is 5.93. The van der Waals surface area contributed by atoms with Crippen LogP contribution >= 0.6 is 11.6 Å². The Hall–Kier alpha value is -2.68. The number of nitrogens with zero attached hydrogens (tertiary/aromatic N) is 3. The first-order valence-corrected chi connectivity index (χ1v) is 10.6. The average Bonchev–Trinajstić information content (AvgIpc) is 2.98. The molecule has 1 amide bonds. The minimum atomic E-state index is -4.51. The minimum absolute atomic E-state index is 0.0346. The van der Waals surface area contributed by atoms with Gasteiger partial charge in [0.1, 0.15) is 5.82 Å². The van der Waals surface area contributed by atoms with Crippen LogP contribution in [0.3, 0.4) is 0 Å². The highest BCUT2D eigenvalue weighted by atomic mass is 35.5. The van der Waals surface area contributed by atoms with Crippen molar-refractivity contribution < 1.29 is 27.4 Å². The van der Waals surface area contributed by atoms with Crippen molar-refractivity contribution >= 4 is 23.3 Å². The number of hydrogen-bond acceptors (Lipinski definition) is 5. The fourth-order valence-electron chi connectivity index (χ4n) is 3.49. The summed E-state index contributed by atoms with van der Waals surface area (Å²) >= 11 is 6.09. The quantitative estimate of drug-likeness (QED) is 0.620. The fourth-order valence-corrected chi connectivity index (χ4v) is 3.77. The number of pyridine rings is 1. The molecule has 0 bridgehead atoms. The summed E-state index contributed by atoms with van der Waals surface area (Å²) in [5, 5.41) is -0.0647. The SMILES string of the molecule is COc1cc(C(=O)N2CCCN(c3ncc(C(F)(F)F)cc3Cl)CC2)ccc1OC(C)C. The van der Waals surface area contributed by atoms with Crippen molar-refractivity contribution in [1.82, 2.24) is 9.88 Å². The number of carbonyl (C=O) groups excluding carboxylic acids is 1. The standard InChI is InChI=1S/C22H25ClF3N3O3/c1-14(2)32-18-6-5-15(11-19(18)31-3)21(30)29-8-4-7-28(9-10-29)20-17(23)12-16(13-27-20)22(24,25)26/h5-6,11-14H,4,7-10H2,1-3H3. The number of alkyl halides is 3. The summed E-state index contributed by atoms with van der Waals surface area (Å²) in [5.41, 5.74) is -0.422. The molecule has 0 unspecified atom stereocenters. The zero-order chi connectivity index (χ0) is 23.5. The topological polar surface area (TPSA) is 54.9 Å². The van der Waals surface area contributed by atoms with Crippen molar-refractivity contribution in [3.8, 4) is 11.5 Å². The van der Waals surface area contributed by atoms with E-state index in [9.17, 15) is 18.0 Å². The number of hydrogen-bond donors (Lipinski definition) is 0. The van der Waals surface area contributed by atoms with Crippen LogP contribution in [0.25, 0.3) is 0 Å². The summed E-state index contributed by atoms with van der Waals surface area (Å²) in [5.74, 6) is 1.16. The van der Waals surface area contributed by atoms with Gasteiger partial charge in [0.2, 0.25) is 0 Å². The highest BCUT2D eigenvalue weighted by Crippen LogP contribution is 2.34. The lowest BCUT2D eigenvalue weighted by Crippen LogP contribution is -2.35. The number of ether oxygens (including phenoxy) is 2. The van der Waals surface area contributed by atoms with Crippen LogP contribution in [0, 0.1) is 0 Å². The van der Waals surface area contributed by atoms with Crippen molar-refractivity contribution in [1.29, 1.82) is 0 Å². The molecule has 32 heavy (non-hydrogen) atoms. The van der Waals surface area contributed by atoms with Gasteiger partial charge in [0, 0.05) is 37.9 Å². The van der Waals surface area contributed by atoms with E-state index in [1.807, 2.05) is 13.8 Å². The van der Waals surface area contributed by atoms with E-state index < -0.39 is 11.7 Å². The molecule has 0 saturated carbocycles. The lowest BCUT2D eigenvalue weighted by Gasteiger charge is -2.24. The molecule has 0 spiro atoms. The van der Waals surface area contributed by atoms with Gasteiger partial charge in [-0.2, -0.15) is 13.2 Å². The molecule has 0 aliphatic carbocycles. The molecule has 1 aromatic carbocycles. The van der Waals surface area contributed by atoms with Gasteiger partial charge in [-0.15, -0.1) is 0 Å². The molecule has 1 aliphatic heterocycles. The summed E-state index contributed by atoms with van der Waals surface area (Å²) in [6.07, 6.45) is -3.14. The third-order valence-electron chi connectivity index (χ3n) is 5.00. The van der Waals surface area contributed by atoms with E-state index in [0.717, 1.165) is 12.3 Å². The molecular weight excluding hydrogens is 447 g/mol. The minimum Gasteiger partial charge on any atom is -0.493 e. The first-order chi connectivity index (χ1) is 15.1. The van der Waals surface area contributed by atoms with Gasteiger partial charge in [0.05, 0.1) is 23.8 Å². The largest absolute Gasteiger partial charge is 0.493 e. The zero-order valence-electron chi connectivity index (χ0n) is 18.1. The number of benzene rings is 1. The molecule has 174 valence electrons. The van der Waals surface area contributed by atoms with Crippen LogP contribution in [0.1, 0.15) is 36.2 Å². The number of carbonyl (C=O) groups is 1. The second-order valence-corrected chi connectivity index (χ2v) is 8.10. The Morgan fingerprint density at radius 3 is 2.50 bits per heavy atom. The Labute approximate surface area is 189 Å². The molecule has 10 heteroatoms. The van der Waals surface area contributed by atoms with Gasteiger partial charge < -0.3 is 19.3 Å². The second-order valence-electron chi connectivity index (χ2n) is 7.69. The van der Waals surface area contributed by atoms with Gasteiger partial charge in [-0.3, -0.25) is 4.79 Å². The molecule has 3 rings (SSSR count). The molecule has 1 saturated heterocycles. The highest BCUT2D eigenvalue weighted by Gasteiger charge is 2.32. The number of rotatable bonds is 5. The number of amides is 1. The summed E-state index contributed by atoms with van der Waals surface area (Å²) in [7, 11) is 1.52. The van der Waals surface area contributed by atoms with E-state index >= 15 is 0 Å². The number of aromatic nitrogens is 1. The maximum atomic E-state index is 13.1. The Morgan fingerprint density at radius 2 is 1.88 bits per heavy atom. The van der Waals surface area contributed by atoms with Crippen LogP contribution in [0.2, 0.25) is 5.02 Å². The normalized spacial score (nSPS) is 15.0. The smallest absolute Gasteiger partial charge is 0.417 e. The summed E-state index contributed by atoms with van der Waals surface area (Å²) in [4.78, 5) is 20.5. The Balaban J connectivity index is 1.72. The molecule has 0 atom stereocenters. The van der Waals surface area contributed by atoms with Crippen molar-refractivity contribution in [2.75, 3.05) is 38.2 Å². The predicted molar refractivity (Wildman–Crippen MR) is 116 cm³/mol. The van der Waals surface area contributed by atoms with E-state index in [0.29, 0.717) is 49.7 Å². The van der Waals surface area contributed by atoms with E-state index in [1.165, 1.54) is 7.11 Å². The first kappa shape index (κ1) is 24.0. The lowest BCUT2D eigenvalue weighted by molar-refractivity contribution is -0.137. The highest BCUT2D eigenvalue weighted by molar-refractivity contribution is 6.33. The van der Waals surface area contributed by atoms with Crippen molar-refractivity contribution in [2.24, 2.45) is 0 Å². The van der Waals surface area contributed by atoms with Crippen LogP contribution in [-0.2, 0) is 6.18 Å². The molecule has 1 aromatic heterocycles. The van der Waals surface area contributed by atoms with Gasteiger partial charge in [-0.25, -0.2) is 4.98 Å². The number of anilines is 1. The second kappa shape index (κ2) is 9.85. The third-order valence-corrected chi connectivity index (χ3v) is 5.28. The van der Waals surface area contributed by atoms with Gasteiger partial charge in [0.25, 0.3) is 5.91 Å². The third kappa shape index (κ3) is 5.56. The van der Waals surface area contributed by atoms with Gasteiger partial charge >= 0.3 is 6.18 Å². The molecule has 1 aliphatic rings. The molecule has 0 radical (unpaired) electrons. The first-order valence-electron chi connectivity index (χ1n) is 10.2. The maximum absolute atomic E-state index is 13.1. The molecular formula is C22H25ClF3N3O3. The van der Waals surface area contributed by atoms with Gasteiger partial charge in [-0.05, 0) is 44.5 Å². The monoisotopic (exact) mass is 471 g/mol. The van der Waals surface area contributed by atoms with E-state index in [2.05, 4.69) is 4.98 Å². The van der Waals surface area contributed by atoms with Crippen LogP contribution in [0.15, 0.2) is 30.5 Å². The van der Waals surface area contributed by atoms with Crippen LogP contribution in [-0.4, -0.2) is 55.2 Å². The molecule has 0 N–H and O–H groups in total. The van der Waals surface area contributed by atoms with Crippen molar-refractivity contribution in [3.63, 3.8) is 0 Å². The maximum Gasteiger partial charge on any atom is 0.417 e. The molecule has 2 aromatic rings. The Morgan fingerprint density at radius 1 is 1.12 bits per heavy atom.